The van der Waals surface area contributed by atoms with E-state index in [1.165, 1.54) is 0 Å². The van der Waals surface area contributed by atoms with Gasteiger partial charge in [-0.3, -0.25) is 0 Å². The van der Waals surface area contributed by atoms with Crippen LogP contribution in [0.15, 0.2) is 53.5 Å². The van der Waals surface area contributed by atoms with Gasteiger partial charge in [0.25, 0.3) is 5.95 Å². The number of rotatable bonds is 6. The average molecular weight is 401 g/mol. The van der Waals surface area contributed by atoms with E-state index in [9.17, 15) is 0 Å². The predicted octanol–water partition coefficient (Wildman–Crippen LogP) is 4.73. The molecule has 0 amide bonds. The number of anilines is 2. The van der Waals surface area contributed by atoms with Crippen LogP contribution < -0.4 is 5.32 Å². The van der Waals surface area contributed by atoms with Crippen molar-refractivity contribution < 1.29 is 0 Å². The highest BCUT2D eigenvalue weighted by Gasteiger charge is 2.12. The van der Waals surface area contributed by atoms with E-state index in [2.05, 4.69) is 25.3 Å². The van der Waals surface area contributed by atoms with E-state index in [0.717, 1.165) is 11.3 Å². The van der Waals surface area contributed by atoms with Crippen molar-refractivity contribution in [2.45, 2.75) is 6.42 Å². The summed E-state index contributed by atoms with van der Waals surface area (Å²) in [7, 11) is 3.75. The Bertz CT molecular complexity index is 924. The van der Waals surface area contributed by atoms with Crippen molar-refractivity contribution in [1.29, 1.82) is 0 Å². The Balaban J connectivity index is 1.96. The molecule has 0 aliphatic heterocycles. The molecule has 0 spiro atoms. The van der Waals surface area contributed by atoms with Gasteiger partial charge in [0, 0.05) is 36.2 Å². The van der Waals surface area contributed by atoms with Gasteiger partial charge in [-0.05, 0) is 29.8 Å². The first-order chi connectivity index (χ1) is 13.0. The molecule has 138 valence electrons. The van der Waals surface area contributed by atoms with Gasteiger partial charge in [-0.2, -0.15) is 15.0 Å². The van der Waals surface area contributed by atoms with Gasteiger partial charge in [0.2, 0.25) is 5.95 Å². The molecule has 2 aromatic carbocycles. The molecular weight excluding hydrogens is 383 g/mol. The fraction of sp³-hybridized carbons (Fsp3) is 0.158. The molecule has 0 aliphatic rings. The summed E-state index contributed by atoms with van der Waals surface area (Å²) in [6.07, 6.45) is 2.00. The first-order valence-electron chi connectivity index (χ1n) is 8.22. The number of hydrogen-bond donors (Lipinski definition) is 1. The van der Waals surface area contributed by atoms with Gasteiger partial charge in [0.1, 0.15) is 5.82 Å². The molecule has 0 saturated carbocycles. The highest BCUT2D eigenvalue weighted by atomic mass is 35.5. The Hall–Kier alpha value is -2.70. The maximum atomic E-state index is 6.28. The van der Waals surface area contributed by atoms with Crippen LogP contribution in [0.4, 0.5) is 17.6 Å². The van der Waals surface area contributed by atoms with Gasteiger partial charge >= 0.3 is 0 Å². The van der Waals surface area contributed by atoms with Gasteiger partial charge in [-0.25, -0.2) is 4.99 Å². The van der Waals surface area contributed by atoms with E-state index in [1.807, 2.05) is 44.4 Å². The lowest BCUT2D eigenvalue weighted by Gasteiger charge is -2.09. The second-order valence-electron chi connectivity index (χ2n) is 5.95. The zero-order chi connectivity index (χ0) is 19.2. The number of halogens is 2. The number of aliphatic imine (C=N–C) groups is 1. The van der Waals surface area contributed by atoms with Gasteiger partial charge in [-0.1, -0.05) is 47.5 Å². The molecule has 0 fully saturated rings. The summed E-state index contributed by atoms with van der Waals surface area (Å²) in [5.74, 6) is 1.22. The molecule has 27 heavy (non-hydrogen) atoms. The summed E-state index contributed by atoms with van der Waals surface area (Å²) >= 11 is 12.6. The van der Waals surface area contributed by atoms with Gasteiger partial charge in [0.05, 0.1) is 6.34 Å². The molecular formula is C19H18Cl2N6. The van der Waals surface area contributed by atoms with Gasteiger partial charge in [0.15, 0.2) is 0 Å². The van der Waals surface area contributed by atoms with Crippen LogP contribution in [-0.4, -0.2) is 40.3 Å². The Labute approximate surface area is 167 Å². The summed E-state index contributed by atoms with van der Waals surface area (Å²) in [5.41, 5.74) is 1.63. The lowest BCUT2D eigenvalue weighted by Crippen LogP contribution is -2.08. The minimum absolute atomic E-state index is 0.301. The highest BCUT2D eigenvalue weighted by molar-refractivity contribution is 6.36. The smallest absolute Gasteiger partial charge is 0.255 e. The summed E-state index contributed by atoms with van der Waals surface area (Å²) in [5, 5.41) is 4.31. The third kappa shape index (κ3) is 5.39. The molecule has 1 heterocycles. The molecule has 0 unspecified atom stereocenters. The minimum Gasteiger partial charge on any atom is -0.369 e. The second-order valence-corrected chi connectivity index (χ2v) is 6.77. The largest absolute Gasteiger partial charge is 0.369 e. The van der Waals surface area contributed by atoms with Crippen LogP contribution in [0.25, 0.3) is 0 Å². The quantitative estimate of drug-likeness (QED) is 0.478. The molecule has 0 saturated heterocycles. The van der Waals surface area contributed by atoms with Gasteiger partial charge in [-0.15, -0.1) is 0 Å². The molecule has 1 aromatic heterocycles. The summed E-state index contributed by atoms with van der Waals surface area (Å²) < 4.78 is 0. The number of nitrogens with zero attached hydrogens (tertiary/aromatic N) is 5. The second kappa shape index (κ2) is 8.79. The predicted molar refractivity (Wildman–Crippen MR) is 111 cm³/mol. The first-order valence-corrected chi connectivity index (χ1v) is 8.97. The average Bonchev–Trinajstić information content (AvgIpc) is 2.64. The van der Waals surface area contributed by atoms with Crippen LogP contribution in [0, 0.1) is 0 Å². The summed E-state index contributed by atoms with van der Waals surface area (Å²) in [6.45, 7) is 0. The van der Waals surface area contributed by atoms with Crippen LogP contribution in [0.1, 0.15) is 11.4 Å². The fourth-order valence-corrected chi connectivity index (χ4v) is 2.81. The molecule has 0 aliphatic carbocycles. The van der Waals surface area contributed by atoms with Gasteiger partial charge < -0.3 is 10.2 Å². The number of nitrogens with one attached hydrogen (secondary N) is 1. The monoisotopic (exact) mass is 400 g/mol. The number of para-hydroxylation sites is 1. The lowest BCUT2D eigenvalue weighted by atomic mass is 10.1. The topological polar surface area (TPSA) is 66.3 Å². The Morgan fingerprint density at radius 3 is 2.33 bits per heavy atom. The van der Waals surface area contributed by atoms with Crippen molar-refractivity contribution in [1.82, 2.24) is 19.9 Å². The van der Waals surface area contributed by atoms with E-state index < -0.39 is 0 Å². The van der Waals surface area contributed by atoms with Crippen LogP contribution in [0.3, 0.4) is 0 Å². The van der Waals surface area contributed by atoms with Crippen molar-refractivity contribution in [3.8, 4) is 0 Å². The third-order valence-electron chi connectivity index (χ3n) is 3.50. The zero-order valence-corrected chi connectivity index (χ0v) is 16.4. The fourth-order valence-electron chi connectivity index (χ4n) is 2.28. The molecule has 8 heteroatoms. The van der Waals surface area contributed by atoms with Crippen LogP contribution in [0.2, 0.25) is 10.0 Å². The molecule has 6 nitrogen and oxygen atoms in total. The zero-order valence-electron chi connectivity index (χ0n) is 14.9. The van der Waals surface area contributed by atoms with E-state index in [1.54, 1.807) is 29.4 Å². The molecule has 0 bridgehead atoms. The molecule has 3 aromatic rings. The lowest BCUT2D eigenvalue weighted by molar-refractivity contribution is 0.642. The van der Waals surface area contributed by atoms with Crippen LogP contribution in [-0.2, 0) is 6.42 Å². The maximum Gasteiger partial charge on any atom is 0.255 e. The van der Waals surface area contributed by atoms with Crippen molar-refractivity contribution in [3.63, 3.8) is 0 Å². The Kier molecular flexibility index (Phi) is 6.21. The van der Waals surface area contributed by atoms with E-state index in [-0.39, 0.29) is 0 Å². The van der Waals surface area contributed by atoms with E-state index in [4.69, 9.17) is 23.2 Å². The molecule has 0 radical (unpaired) electrons. The number of benzene rings is 2. The van der Waals surface area contributed by atoms with Crippen LogP contribution >= 0.6 is 23.2 Å². The van der Waals surface area contributed by atoms with Crippen LogP contribution in [0.5, 0.6) is 0 Å². The van der Waals surface area contributed by atoms with Crippen molar-refractivity contribution in [2.24, 2.45) is 4.99 Å². The maximum absolute atomic E-state index is 6.28. The normalized spacial score (nSPS) is 11.0. The van der Waals surface area contributed by atoms with Crippen molar-refractivity contribution in [2.75, 3.05) is 19.4 Å². The highest BCUT2D eigenvalue weighted by Crippen LogP contribution is 2.26. The minimum atomic E-state index is 0.301. The Morgan fingerprint density at radius 2 is 1.67 bits per heavy atom. The summed E-state index contributed by atoms with van der Waals surface area (Å²) in [6, 6.07) is 15.0. The first kappa shape index (κ1) is 19.1. The molecule has 0 atom stereocenters. The standard InChI is InChI=1S/C19H18Cl2N6/c1-27(2)12-22-18-24-17(11-14-15(20)9-6-10-16(14)21)25-19(26-18)23-13-7-4-3-5-8-13/h3-10,12H,11H2,1-2H3,(H,23,24,25,26)/b22-12-. The molecule has 3 rings (SSSR count). The third-order valence-corrected chi connectivity index (χ3v) is 4.21. The van der Waals surface area contributed by atoms with E-state index >= 15 is 0 Å². The van der Waals surface area contributed by atoms with Crippen molar-refractivity contribution >= 4 is 47.1 Å². The SMILES string of the molecule is CN(C)/C=N\c1nc(Cc2c(Cl)cccc2Cl)nc(Nc2ccccc2)n1. The number of aromatic nitrogens is 3. The molecule has 1 N–H and O–H groups in total. The van der Waals surface area contributed by atoms with E-state index in [0.29, 0.717) is 34.2 Å². The number of hydrogen-bond acceptors (Lipinski definition) is 5. The Morgan fingerprint density at radius 1 is 0.963 bits per heavy atom. The van der Waals surface area contributed by atoms with Crippen molar-refractivity contribution in [3.05, 3.63) is 70.0 Å². The summed E-state index contributed by atoms with van der Waals surface area (Å²) in [4.78, 5) is 19.4.